The largest absolute Gasteiger partial charge is 0.494 e. The van der Waals surface area contributed by atoms with E-state index in [1.807, 2.05) is 71.6 Å². The van der Waals surface area contributed by atoms with Crippen molar-refractivity contribution in [1.29, 1.82) is 0 Å². The third-order valence-electron chi connectivity index (χ3n) is 7.49. The van der Waals surface area contributed by atoms with Crippen LogP contribution in [0.5, 0.6) is 5.75 Å². The van der Waals surface area contributed by atoms with Crippen molar-refractivity contribution in [3.8, 4) is 22.6 Å². The number of carbonyl (C=O) groups excluding carboxylic acids is 1. The molecule has 1 aliphatic rings. The molecule has 0 aliphatic carbocycles. The maximum atomic E-state index is 13.3. The highest BCUT2D eigenvalue weighted by atomic mass is 35.5. The monoisotopic (exact) mass is 565 g/mol. The van der Waals surface area contributed by atoms with E-state index in [9.17, 15) is 4.79 Å². The standard InChI is InChI=1S/C33H32ClN5O2/c1-2-3-21-41-28-15-9-25(10-16-28)33(40)38-19-17-37(18-20-38)31-30-29(24-7-5-4-6-8-24)22-39(32(30)36-23-35-31)27-13-11-26(34)12-14-27/h4-16,22-23H,2-3,17-21H2,1H3. The van der Waals surface area contributed by atoms with Crippen LogP contribution in [0.25, 0.3) is 27.8 Å². The highest BCUT2D eigenvalue weighted by molar-refractivity contribution is 6.30. The maximum absolute atomic E-state index is 13.3. The molecule has 0 radical (unpaired) electrons. The van der Waals surface area contributed by atoms with Crippen LogP contribution in [0.4, 0.5) is 5.82 Å². The van der Waals surface area contributed by atoms with Crippen molar-refractivity contribution in [2.75, 3.05) is 37.7 Å². The fourth-order valence-electron chi connectivity index (χ4n) is 5.25. The quantitative estimate of drug-likeness (QED) is 0.192. The first kappa shape index (κ1) is 26.8. The number of unbranched alkanes of at least 4 members (excludes halogenated alkanes) is 1. The maximum Gasteiger partial charge on any atom is 0.253 e. The lowest BCUT2D eigenvalue weighted by Gasteiger charge is -2.35. The normalized spacial score (nSPS) is 13.5. The van der Waals surface area contributed by atoms with Crippen LogP contribution in [0.1, 0.15) is 30.1 Å². The molecule has 2 aromatic heterocycles. The molecule has 3 aromatic carbocycles. The van der Waals surface area contributed by atoms with Crippen LogP contribution in [0.15, 0.2) is 91.4 Å². The number of rotatable bonds is 8. The summed E-state index contributed by atoms with van der Waals surface area (Å²) >= 11 is 6.17. The Balaban J connectivity index is 1.26. The Labute approximate surface area is 245 Å². The third-order valence-corrected chi connectivity index (χ3v) is 7.74. The molecule has 0 atom stereocenters. The molecule has 0 saturated carbocycles. The van der Waals surface area contributed by atoms with Gasteiger partial charge in [0.2, 0.25) is 0 Å². The van der Waals surface area contributed by atoms with Crippen molar-refractivity contribution in [2.24, 2.45) is 0 Å². The van der Waals surface area contributed by atoms with Crippen LogP contribution < -0.4 is 9.64 Å². The van der Waals surface area contributed by atoms with E-state index >= 15 is 0 Å². The molecule has 0 spiro atoms. The van der Waals surface area contributed by atoms with Gasteiger partial charge in [-0.2, -0.15) is 0 Å². The van der Waals surface area contributed by atoms with Crippen molar-refractivity contribution in [2.45, 2.75) is 19.8 Å². The van der Waals surface area contributed by atoms with E-state index < -0.39 is 0 Å². The first-order valence-corrected chi connectivity index (χ1v) is 14.4. The summed E-state index contributed by atoms with van der Waals surface area (Å²) in [7, 11) is 0. The predicted octanol–water partition coefficient (Wildman–Crippen LogP) is 6.88. The number of ether oxygens (including phenoxy) is 1. The molecule has 1 fully saturated rings. The molecule has 5 aromatic rings. The second-order valence-corrected chi connectivity index (χ2v) is 10.6. The van der Waals surface area contributed by atoms with Gasteiger partial charge in [-0.25, -0.2) is 9.97 Å². The van der Waals surface area contributed by atoms with Crippen LogP contribution in [-0.2, 0) is 0 Å². The lowest BCUT2D eigenvalue weighted by atomic mass is 10.1. The molecular weight excluding hydrogens is 534 g/mol. The van der Waals surface area contributed by atoms with Gasteiger partial charge in [0.25, 0.3) is 5.91 Å². The summed E-state index contributed by atoms with van der Waals surface area (Å²) in [4.78, 5) is 26.9. The van der Waals surface area contributed by atoms with Crippen molar-refractivity contribution in [3.63, 3.8) is 0 Å². The highest BCUT2D eigenvalue weighted by Crippen LogP contribution is 2.37. The van der Waals surface area contributed by atoms with Gasteiger partial charge in [0.05, 0.1) is 12.0 Å². The molecule has 3 heterocycles. The number of benzene rings is 3. The summed E-state index contributed by atoms with van der Waals surface area (Å²) in [5, 5.41) is 1.68. The second-order valence-electron chi connectivity index (χ2n) is 10.2. The molecule has 6 rings (SSSR count). The first-order valence-electron chi connectivity index (χ1n) is 14.1. The van der Waals surface area contributed by atoms with Crippen LogP contribution in [0.3, 0.4) is 0 Å². The van der Waals surface area contributed by atoms with Crippen LogP contribution in [0, 0.1) is 0 Å². The number of hydrogen-bond donors (Lipinski definition) is 0. The molecule has 41 heavy (non-hydrogen) atoms. The van der Waals surface area contributed by atoms with Gasteiger partial charge in [-0.3, -0.25) is 4.79 Å². The lowest BCUT2D eigenvalue weighted by Crippen LogP contribution is -2.49. The van der Waals surface area contributed by atoms with Gasteiger partial charge in [-0.05, 0) is 60.5 Å². The number of amides is 1. The minimum atomic E-state index is 0.0384. The summed E-state index contributed by atoms with van der Waals surface area (Å²) in [5.74, 6) is 1.71. The van der Waals surface area contributed by atoms with Crippen molar-refractivity contribution in [1.82, 2.24) is 19.4 Å². The summed E-state index contributed by atoms with van der Waals surface area (Å²) in [6.45, 7) is 5.40. The average Bonchev–Trinajstić information content (AvgIpc) is 3.42. The van der Waals surface area contributed by atoms with E-state index in [0.717, 1.165) is 52.3 Å². The molecule has 1 saturated heterocycles. The van der Waals surface area contributed by atoms with Crippen LogP contribution in [-0.4, -0.2) is 58.1 Å². The summed E-state index contributed by atoms with van der Waals surface area (Å²) < 4.78 is 7.84. The van der Waals surface area contributed by atoms with Crippen molar-refractivity contribution < 1.29 is 9.53 Å². The zero-order chi connectivity index (χ0) is 28.2. The highest BCUT2D eigenvalue weighted by Gasteiger charge is 2.26. The number of hydrogen-bond acceptors (Lipinski definition) is 5. The van der Waals surface area contributed by atoms with Crippen molar-refractivity contribution >= 4 is 34.4 Å². The van der Waals surface area contributed by atoms with Gasteiger partial charge in [0, 0.05) is 54.2 Å². The molecule has 0 unspecified atom stereocenters. The topological polar surface area (TPSA) is 63.5 Å². The minimum Gasteiger partial charge on any atom is -0.494 e. The molecule has 0 bridgehead atoms. The smallest absolute Gasteiger partial charge is 0.253 e. The van der Waals surface area contributed by atoms with E-state index in [4.69, 9.17) is 26.3 Å². The zero-order valence-corrected chi connectivity index (χ0v) is 23.8. The number of nitrogens with zero attached hydrogens (tertiary/aromatic N) is 5. The SMILES string of the molecule is CCCCOc1ccc(C(=O)N2CCN(c3ncnc4c3c(-c3ccccc3)cn4-c3ccc(Cl)cc3)CC2)cc1. The molecule has 7 nitrogen and oxygen atoms in total. The molecule has 208 valence electrons. The fraction of sp³-hybridized carbons (Fsp3) is 0.242. The van der Waals surface area contributed by atoms with E-state index in [-0.39, 0.29) is 5.91 Å². The van der Waals surface area contributed by atoms with E-state index in [1.54, 1.807) is 6.33 Å². The Bertz CT molecular complexity index is 1630. The number of halogens is 1. The number of fused-ring (bicyclic) bond motifs is 1. The number of aromatic nitrogens is 3. The summed E-state index contributed by atoms with van der Waals surface area (Å²) in [6, 6.07) is 25.5. The second kappa shape index (κ2) is 12.0. The predicted molar refractivity (Wildman–Crippen MR) is 164 cm³/mol. The van der Waals surface area contributed by atoms with Crippen LogP contribution in [0.2, 0.25) is 5.02 Å². The Hall–Kier alpha value is -4.36. The van der Waals surface area contributed by atoms with Gasteiger partial charge in [-0.1, -0.05) is 55.3 Å². The lowest BCUT2D eigenvalue weighted by molar-refractivity contribution is 0.0746. The molecule has 0 N–H and O–H groups in total. The fourth-order valence-corrected chi connectivity index (χ4v) is 5.38. The molecular formula is C33H32ClN5O2. The molecule has 8 heteroatoms. The summed E-state index contributed by atoms with van der Waals surface area (Å²) in [5.41, 5.74) is 4.64. The van der Waals surface area contributed by atoms with Gasteiger partial charge in [0.15, 0.2) is 5.65 Å². The minimum absolute atomic E-state index is 0.0384. The average molecular weight is 566 g/mol. The van der Waals surface area contributed by atoms with Gasteiger partial charge in [0.1, 0.15) is 17.9 Å². The van der Waals surface area contributed by atoms with Gasteiger partial charge >= 0.3 is 0 Å². The van der Waals surface area contributed by atoms with Crippen molar-refractivity contribution in [3.05, 3.63) is 102 Å². The Morgan fingerprint density at radius 1 is 0.902 bits per heavy atom. The Kier molecular flexibility index (Phi) is 7.87. The number of carbonyl (C=O) groups is 1. The molecule has 1 amide bonds. The first-order chi connectivity index (χ1) is 20.1. The molecule has 1 aliphatic heterocycles. The van der Waals surface area contributed by atoms with Crippen LogP contribution >= 0.6 is 11.6 Å². The van der Waals surface area contributed by atoms with E-state index in [1.165, 1.54) is 0 Å². The van der Waals surface area contributed by atoms with E-state index in [0.29, 0.717) is 43.4 Å². The van der Waals surface area contributed by atoms with Gasteiger partial charge in [-0.15, -0.1) is 0 Å². The summed E-state index contributed by atoms with van der Waals surface area (Å²) in [6.07, 6.45) is 5.85. The zero-order valence-electron chi connectivity index (χ0n) is 23.0. The number of piperazine rings is 1. The Morgan fingerprint density at radius 3 is 2.34 bits per heavy atom. The third kappa shape index (κ3) is 5.63. The number of anilines is 1. The Morgan fingerprint density at radius 2 is 1.63 bits per heavy atom. The van der Waals surface area contributed by atoms with E-state index in [2.05, 4.69) is 34.7 Å². The van der Waals surface area contributed by atoms with Gasteiger partial charge < -0.3 is 19.1 Å².